The minimum Gasteiger partial charge on any atom is -0.468 e. The van der Waals surface area contributed by atoms with Crippen molar-refractivity contribution in [1.82, 2.24) is 10.2 Å². The Bertz CT molecular complexity index is 377. The van der Waals surface area contributed by atoms with Gasteiger partial charge in [-0.05, 0) is 27.2 Å². The van der Waals surface area contributed by atoms with Gasteiger partial charge in [0.25, 0.3) is 0 Å². The maximum absolute atomic E-state index is 12.1. The van der Waals surface area contributed by atoms with Crippen LogP contribution in [0.5, 0.6) is 0 Å². The van der Waals surface area contributed by atoms with Gasteiger partial charge in [0.05, 0.1) is 13.2 Å². The first-order valence-electron chi connectivity index (χ1n) is 6.64. The van der Waals surface area contributed by atoms with Gasteiger partial charge in [-0.25, -0.2) is 4.79 Å². The summed E-state index contributed by atoms with van der Waals surface area (Å²) in [6.45, 7) is 6.80. The van der Waals surface area contributed by atoms with Crippen LogP contribution in [-0.4, -0.2) is 54.8 Å². The normalized spacial score (nSPS) is 30.1. The van der Waals surface area contributed by atoms with Gasteiger partial charge in [0.15, 0.2) is 0 Å². The zero-order valence-electron chi connectivity index (χ0n) is 11.9. The van der Waals surface area contributed by atoms with Crippen molar-refractivity contribution in [2.24, 2.45) is 5.92 Å². The Labute approximate surface area is 113 Å². The first-order valence-corrected chi connectivity index (χ1v) is 6.64. The van der Waals surface area contributed by atoms with Crippen molar-refractivity contribution < 1.29 is 19.1 Å². The quantitative estimate of drug-likeness (QED) is 0.712. The van der Waals surface area contributed by atoms with E-state index in [1.54, 1.807) is 4.90 Å². The van der Waals surface area contributed by atoms with Crippen molar-refractivity contribution in [3.05, 3.63) is 0 Å². The zero-order chi connectivity index (χ0) is 14.2. The molecule has 3 unspecified atom stereocenters. The van der Waals surface area contributed by atoms with E-state index < -0.39 is 5.60 Å². The van der Waals surface area contributed by atoms with Crippen LogP contribution in [0.3, 0.4) is 0 Å². The molecule has 1 N–H and O–H groups in total. The van der Waals surface area contributed by atoms with Crippen LogP contribution in [0.25, 0.3) is 0 Å². The van der Waals surface area contributed by atoms with Crippen LogP contribution in [0.2, 0.25) is 0 Å². The SMILES string of the molecule is COC(=O)C1NCC2C1CCN2C(=O)OC(C)(C)C. The van der Waals surface area contributed by atoms with E-state index in [-0.39, 0.29) is 30.1 Å². The minimum atomic E-state index is -0.497. The first-order chi connectivity index (χ1) is 8.83. The molecule has 2 aliphatic heterocycles. The van der Waals surface area contributed by atoms with E-state index in [0.29, 0.717) is 13.1 Å². The summed E-state index contributed by atoms with van der Waals surface area (Å²) >= 11 is 0. The van der Waals surface area contributed by atoms with E-state index in [0.717, 1.165) is 6.42 Å². The molecule has 6 nitrogen and oxygen atoms in total. The number of esters is 1. The second-order valence-electron chi connectivity index (χ2n) is 6.10. The molecule has 0 aliphatic carbocycles. The molecule has 19 heavy (non-hydrogen) atoms. The molecule has 0 aromatic carbocycles. The Morgan fingerprint density at radius 1 is 1.32 bits per heavy atom. The third kappa shape index (κ3) is 2.83. The number of hydrogen-bond donors (Lipinski definition) is 1. The topological polar surface area (TPSA) is 67.9 Å². The van der Waals surface area contributed by atoms with E-state index in [9.17, 15) is 9.59 Å². The average Bonchev–Trinajstić information content (AvgIpc) is 2.85. The number of carbonyl (C=O) groups excluding carboxylic acids is 2. The number of methoxy groups -OCH3 is 1. The third-order valence-electron chi connectivity index (χ3n) is 3.66. The van der Waals surface area contributed by atoms with Crippen molar-refractivity contribution in [3.63, 3.8) is 0 Å². The van der Waals surface area contributed by atoms with Gasteiger partial charge in [-0.2, -0.15) is 0 Å². The molecule has 0 aromatic rings. The number of nitrogens with zero attached hydrogens (tertiary/aromatic N) is 1. The summed E-state index contributed by atoms with van der Waals surface area (Å²) < 4.78 is 10.2. The summed E-state index contributed by atoms with van der Waals surface area (Å²) in [5, 5.41) is 3.13. The predicted molar refractivity (Wildman–Crippen MR) is 68.6 cm³/mol. The molecular weight excluding hydrogens is 248 g/mol. The molecular formula is C13H22N2O4. The van der Waals surface area contributed by atoms with E-state index in [1.807, 2.05) is 20.8 Å². The molecule has 0 aromatic heterocycles. The molecule has 3 atom stereocenters. The summed E-state index contributed by atoms with van der Waals surface area (Å²) in [5.74, 6) is -0.126. The van der Waals surface area contributed by atoms with Gasteiger partial charge in [0, 0.05) is 19.0 Å². The standard InChI is InChI=1S/C13H22N2O4/c1-13(2,3)19-12(17)15-6-5-8-9(15)7-14-10(8)11(16)18-4/h8-10,14H,5-7H2,1-4H3. The molecule has 2 aliphatic rings. The second-order valence-corrected chi connectivity index (χ2v) is 6.10. The Hall–Kier alpha value is -1.30. The van der Waals surface area contributed by atoms with Crippen LogP contribution in [-0.2, 0) is 14.3 Å². The highest BCUT2D eigenvalue weighted by Crippen LogP contribution is 2.32. The molecule has 2 saturated heterocycles. The van der Waals surface area contributed by atoms with Crippen LogP contribution < -0.4 is 5.32 Å². The Morgan fingerprint density at radius 2 is 2.00 bits per heavy atom. The van der Waals surface area contributed by atoms with Crippen LogP contribution in [0.1, 0.15) is 27.2 Å². The average molecular weight is 270 g/mol. The van der Waals surface area contributed by atoms with Gasteiger partial charge in [0.2, 0.25) is 0 Å². The fraction of sp³-hybridized carbons (Fsp3) is 0.846. The van der Waals surface area contributed by atoms with Gasteiger partial charge in [0.1, 0.15) is 11.6 Å². The number of ether oxygens (including phenoxy) is 2. The van der Waals surface area contributed by atoms with Crippen molar-refractivity contribution in [1.29, 1.82) is 0 Å². The highest BCUT2D eigenvalue weighted by molar-refractivity contribution is 5.77. The molecule has 0 spiro atoms. The number of nitrogens with one attached hydrogen (secondary N) is 1. The van der Waals surface area contributed by atoms with Crippen molar-refractivity contribution in [2.75, 3.05) is 20.2 Å². The molecule has 0 saturated carbocycles. The van der Waals surface area contributed by atoms with E-state index in [1.165, 1.54) is 7.11 Å². The smallest absolute Gasteiger partial charge is 0.410 e. The van der Waals surface area contributed by atoms with Crippen LogP contribution in [0.15, 0.2) is 0 Å². The van der Waals surface area contributed by atoms with E-state index >= 15 is 0 Å². The zero-order valence-corrected chi connectivity index (χ0v) is 11.9. The highest BCUT2D eigenvalue weighted by Gasteiger charge is 2.49. The molecule has 0 radical (unpaired) electrons. The second kappa shape index (κ2) is 5.00. The Kier molecular flexibility index (Phi) is 3.71. The number of amides is 1. The maximum atomic E-state index is 12.1. The van der Waals surface area contributed by atoms with Crippen LogP contribution >= 0.6 is 0 Å². The molecule has 2 fully saturated rings. The van der Waals surface area contributed by atoms with Gasteiger partial charge in [-0.1, -0.05) is 0 Å². The summed E-state index contributed by atoms with van der Waals surface area (Å²) in [6.07, 6.45) is 0.503. The minimum absolute atomic E-state index is 0.0268. The molecule has 2 heterocycles. The lowest BCUT2D eigenvalue weighted by molar-refractivity contribution is -0.143. The summed E-state index contributed by atoms with van der Waals surface area (Å²) in [5.41, 5.74) is -0.497. The fourth-order valence-corrected chi connectivity index (χ4v) is 2.86. The lowest BCUT2D eigenvalue weighted by Gasteiger charge is -2.27. The first kappa shape index (κ1) is 14.1. The molecule has 1 amide bonds. The number of hydrogen-bond acceptors (Lipinski definition) is 5. The number of likely N-dealkylation sites (tertiary alicyclic amines) is 1. The highest BCUT2D eigenvalue weighted by atomic mass is 16.6. The van der Waals surface area contributed by atoms with Gasteiger partial charge >= 0.3 is 12.1 Å². The lowest BCUT2D eigenvalue weighted by atomic mass is 9.97. The monoisotopic (exact) mass is 270 g/mol. The molecule has 0 bridgehead atoms. The summed E-state index contributed by atoms with van der Waals surface area (Å²) in [6, 6.07) is -0.276. The van der Waals surface area contributed by atoms with Crippen molar-refractivity contribution in [2.45, 2.75) is 44.9 Å². The van der Waals surface area contributed by atoms with Crippen molar-refractivity contribution in [3.8, 4) is 0 Å². The molecule has 108 valence electrons. The fourth-order valence-electron chi connectivity index (χ4n) is 2.86. The van der Waals surface area contributed by atoms with Gasteiger partial charge in [-0.15, -0.1) is 0 Å². The molecule has 6 heteroatoms. The number of carbonyl (C=O) groups is 2. The summed E-state index contributed by atoms with van der Waals surface area (Å²) in [4.78, 5) is 25.5. The van der Waals surface area contributed by atoms with E-state index in [2.05, 4.69) is 5.32 Å². The Morgan fingerprint density at radius 3 is 2.58 bits per heavy atom. The van der Waals surface area contributed by atoms with Crippen LogP contribution in [0.4, 0.5) is 4.79 Å². The van der Waals surface area contributed by atoms with Crippen LogP contribution in [0, 0.1) is 5.92 Å². The molecule has 2 rings (SSSR count). The number of fused-ring (bicyclic) bond motifs is 1. The predicted octanol–water partition coefficient (Wildman–Crippen LogP) is 0.757. The van der Waals surface area contributed by atoms with Crippen molar-refractivity contribution >= 4 is 12.1 Å². The lowest BCUT2D eigenvalue weighted by Crippen LogP contribution is -2.42. The summed E-state index contributed by atoms with van der Waals surface area (Å²) in [7, 11) is 1.39. The van der Waals surface area contributed by atoms with Gasteiger partial charge in [-0.3, -0.25) is 4.79 Å². The third-order valence-corrected chi connectivity index (χ3v) is 3.66. The van der Waals surface area contributed by atoms with Gasteiger partial charge < -0.3 is 19.7 Å². The number of rotatable bonds is 1. The van der Waals surface area contributed by atoms with E-state index in [4.69, 9.17) is 9.47 Å². The maximum Gasteiger partial charge on any atom is 0.410 e. The Balaban J connectivity index is 2.01. The largest absolute Gasteiger partial charge is 0.468 e.